The highest BCUT2D eigenvalue weighted by molar-refractivity contribution is 7.25. The van der Waals surface area contributed by atoms with Gasteiger partial charge in [-0.1, -0.05) is 97.1 Å². The Bertz CT molecular complexity index is 3790. The molecule has 0 aliphatic heterocycles. The van der Waals surface area contributed by atoms with Gasteiger partial charge in [-0.2, -0.15) is 0 Å². The summed E-state index contributed by atoms with van der Waals surface area (Å²) in [4.78, 5) is 0. The van der Waals surface area contributed by atoms with Crippen molar-refractivity contribution in [1.82, 2.24) is 13.7 Å². The molecule has 0 saturated heterocycles. The molecule has 0 bridgehead atoms. The van der Waals surface area contributed by atoms with Gasteiger partial charge in [0.15, 0.2) is 0 Å². The molecule has 59 heavy (non-hydrogen) atoms. The first-order chi connectivity index (χ1) is 29.2. The van der Waals surface area contributed by atoms with Gasteiger partial charge >= 0.3 is 0 Å². The first-order valence-corrected chi connectivity index (χ1v) is 20.8. The number of hydrogen-bond acceptors (Lipinski definition) is 2. The van der Waals surface area contributed by atoms with Crippen molar-refractivity contribution in [3.05, 3.63) is 200 Å². The number of aromatic nitrogens is 3. The maximum absolute atomic E-state index is 6.75. The standard InChI is InChI=1S/C54H33N3OS/c1-6-19-47-39(14-1)40-15-2-7-20-48(40)55(47)34-12-11-13-35(30-34)56-49-21-8-3-16-41(49)44-32-37(25-27-51(44)56)58-38-26-28-52-45(33-38)42-17-4-9-22-50(42)57(52)36-24-29-54-46(31-36)43-18-5-10-23-53(43)59-54/h1-33H. The molecule has 4 aromatic heterocycles. The number of benzene rings is 9. The van der Waals surface area contributed by atoms with Crippen molar-refractivity contribution >= 4 is 96.9 Å². The van der Waals surface area contributed by atoms with Crippen molar-refractivity contribution in [2.45, 2.75) is 0 Å². The van der Waals surface area contributed by atoms with Crippen LogP contribution in [-0.4, -0.2) is 13.7 Å². The second-order valence-corrected chi connectivity index (χ2v) is 16.4. The summed E-state index contributed by atoms with van der Waals surface area (Å²) >= 11 is 1.85. The van der Waals surface area contributed by atoms with E-state index in [4.69, 9.17) is 4.74 Å². The van der Waals surface area contributed by atoms with Crippen LogP contribution in [0.25, 0.3) is 103 Å². The summed E-state index contributed by atoms with van der Waals surface area (Å²) in [6.45, 7) is 0. The van der Waals surface area contributed by atoms with E-state index < -0.39 is 0 Å². The van der Waals surface area contributed by atoms with Gasteiger partial charge in [0.25, 0.3) is 0 Å². The Morgan fingerprint density at radius 1 is 0.271 bits per heavy atom. The van der Waals surface area contributed by atoms with Gasteiger partial charge < -0.3 is 18.4 Å². The van der Waals surface area contributed by atoms with Gasteiger partial charge in [-0.25, -0.2) is 0 Å². The molecule has 0 aliphatic carbocycles. The molecule has 9 aromatic carbocycles. The van der Waals surface area contributed by atoms with E-state index in [-0.39, 0.29) is 0 Å². The summed E-state index contributed by atoms with van der Waals surface area (Å²) in [6.07, 6.45) is 0. The number of rotatable bonds is 5. The Balaban J connectivity index is 0.911. The fourth-order valence-corrected chi connectivity index (χ4v) is 10.6. The van der Waals surface area contributed by atoms with Crippen LogP contribution >= 0.6 is 11.3 Å². The van der Waals surface area contributed by atoms with E-state index in [9.17, 15) is 0 Å². The van der Waals surface area contributed by atoms with Crippen LogP contribution in [0.5, 0.6) is 11.5 Å². The van der Waals surface area contributed by atoms with E-state index in [0.717, 1.165) is 55.9 Å². The molecule has 0 radical (unpaired) electrons. The predicted octanol–water partition coefficient (Wildman–Crippen LogP) is 15.1. The van der Waals surface area contributed by atoms with Gasteiger partial charge in [0.05, 0.1) is 33.1 Å². The molecule has 0 saturated carbocycles. The number of hydrogen-bond donors (Lipinski definition) is 0. The van der Waals surface area contributed by atoms with Crippen LogP contribution in [0.2, 0.25) is 0 Å². The fourth-order valence-electron chi connectivity index (χ4n) is 9.55. The molecule has 13 rings (SSSR count). The van der Waals surface area contributed by atoms with Crippen molar-refractivity contribution in [2.24, 2.45) is 0 Å². The zero-order valence-electron chi connectivity index (χ0n) is 31.7. The Morgan fingerprint density at radius 3 is 1.20 bits per heavy atom. The molecule has 0 fully saturated rings. The third kappa shape index (κ3) is 4.83. The Hall–Kier alpha value is -7.60. The van der Waals surface area contributed by atoms with E-state index in [2.05, 4.69) is 214 Å². The summed E-state index contributed by atoms with van der Waals surface area (Å²) in [5.74, 6) is 1.61. The molecular formula is C54H33N3OS. The molecule has 5 heteroatoms. The molecule has 0 spiro atoms. The van der Waals surface area contributed by atoms with Gasteiger partial charge in [-0.3, -0.25) is 0 Å². The highest BCUT2D eigenvalue weighted by Gasteiger charge is 2.18. The second-order valence-electron chi connectivity index (χ2n) is 15.3. The van der Waals surface area contributed by atoms with Crippen LogP contribution in [0.4, 0.5) is 0 Å². The van der Waals surface area contributed by atoms with Crippen molar-refractivity contribution < 1.29 is 4.74 Å². The second kappa shape index (κ2) is 12.4. The summed E-state index contributed by atoms with van der Waals surface area (Å²) < 4.78 is 16.5. The van der Waals surface area contributed by atoms with Gasteiger partial charge in [-0.05, 0) is 103 Å². The van der Waals surface area contributed by atoms with Gasteiger partial charge in [0.2, 0.25) is 0 Å². The van der Waals surface area contributed by atoms with Gasteiger partial charge in [0, 0.05) is 69.6 Å². The normalized spacial score (nSPS) is 12.1. The maximum atomic E-state index is 6.75. The quantitative estimate of drug-likeness (QED) is 0.171. The smallest absolute Gasteiger partial charge is 0.128 e. The average Bonchev–Trinajstić information content (AvgIpc) is 4.02. The molecule has 0 N–H and O–H groups in total. The molecule has 13 aromatic rings. The van der Waals surface area contributed by atoms with Gasteiger partial charge in [0.1, 0.15) is 11.5 Å². The van der Waals surface area contributed by atoms with E-state index in [1.54, 1.807) is 0 Å². The highest BCUT2D eigenvalue weighted by Crippen LogP contribution is 2.41. The summed E-state index contributed by atoms with van der Waals surface area (Å²) in [7, 11) is 0. The van der Waals surface area contributed by atoms with E-state index in [1.165, 1.54) is 58.3 Å². The zero-order valence-corrected chi connectivity index (χ0v) is 32.5. The predicted molar refractivity (Wildman–Crippen MR) is 249 cm³/mol. The SMILES string of the molecule is c1cc(-n2c3ccccc3c3ccccc32)cc(-n2c3ccccc3c3cc(Oc4ccc5c(c4)c4ccccc4n5-c4ccc5sc6ccccc6c5c4)ccc32)c1. The minimum Gasteiger partial charge on any atom is -0.457 e. The summed E-state index contributed by atoms with van der Waals surface area (Å²) in [5.41, 5.74) is 10.4. The van der Waals surface area contributed by atoms with Crippen molar-refractivity contribution in [1.29, 1.82) is 0 Å². The molecular weight excluding hydrogens is 739 g/mol. The van der Waals surface area contributed by atoms with E-state index in [0.29, 0.717) is 0 Å². The summed E-state index contributed by atoms with van der Waals surface area (Å²) in [6, 6.07) is 72.1. The zero-order chi connectivity index (χ0) is 38.6. The lowest BCUT2D eigenvalue weighted by Crippen LogP contribution is -1.98. The number of para-hydroxylation sites is 4. The molecule has 0 unspecified atom stereocenters. The van der Waals surface area contributed by atoms with Crippen LogP contribution in [0.3, 0.4) is 0 Å². The lowest BCUT2D eigenvalue weighted by atomic mass is 10.1. The lowest BCUT2D eigenvalue weighted by Gasteiger charge is -2.13. The Morgan fingerprint density at radius 2 is 0.678 bits per heavy atom. The van der Waals surface area contributed by atoms with Crippen LogP contribution < -0.4 is 4.74 Å². The highest BCUT2D eigenvalue weighted by atomic mass is 32.1. The minimum absolute atomic E-state index is 0.803. The third-order valence-electron chi connectivity index (χ3n) is 12.1. The number of nitrogens with zero attached hydrogens (tertiary/aromatic N) is 3. The van der Waals surface area contributed by atoms with E-state index in [1.807, 2.05) is 11.3 Å². The van der Waals surface area contributed by atoms with Gasteiger partial charge in [-0.15, -0.1) is 11.3 Å². The molecule has 0 aliphatic rings. The Kier molecular flexibility index (Phi) is 6.85. The molecule has 0 atom stereocenters. The number of thiophene rings is 1. The van der Waals surface area contributed by atoms with Crippen molar-refractivity contribution in [3.8, 4) is 28.6 Å². The van der Waals surface area contributed by atoms with Crippen LogP contribution in [0.1, 0.15) is 0 Å². The Labute approximate surface area is 342 Å². The molecule has 4 nitrogen and oxygen atoms in total. The first-order valence-electron chi connectivity index (χ1n) is 20.0. The average molecular weight is 772 g/mol. The van der Waals surface area contributed by atoms with Crippen LogP contribution in [-0.2, 0) is 0 Å². The van der Waals surface area contributed by atoms with E-state index >= 15 is 0 Å². The lowest BCUT2D eigenvalue weighted by molar-refractivity contribution is 0.484. The van der Waals surface area contributed by atoms with Crippen LogP contribution in [0.15, 0.2) is 200 Å². The molecule has 0 amide bonds. The fraction of sp³-hybridized carbons (Fsp3) is 0. The minimum atomic E-state index is 0.803. The summed E-state index contributed by atoms with van der Waals surface area (Å²) in [5, 5.41) is 9.80. The van der Waals surface area contributed by atoms with Crippen molar-refractivity contribution in [2.75, 3.05) is 0 Å². The monoisotopic (exact) mass is 771 g/mol. The number of fused-ring (bicyclic) bond motifs is 12. The number of ether oxygens (including phenoxy) is 1. The first kappa shape index (κ1) is 32.5. The maximum Gasteiger partial charge on any atom is 0.128 e. The third-order valence-corrected chi connectivity index (χ3v) is 13.2. The molecule has 276 valence electrons. The largest absolute Gasteiger partial charge is 0.457 e. The topological polar surface area (TPSA) is 24.0 Å². The molecule has 4 heterocycles. The van der Waals surface area contributed by atoms with Crippen molar-refractivity contribution in [3.63, 3.8) is 0 Å². The van der Waals surface area contributed by atoms with Crippen LogP contribution in [0, 0.1) is 0 Å².